The third-order valence-corrected chi connectivity index (χ3v) is 6.58. The Kier molecular flexibility index (Phi) is 7.74. The van der Waals surface area contributed by atoms with Gasteiger partial charge in [-0.3, -0.25) is 0 Å². The number of epoxide rings is 1. The first-order valence-corrected chi connectivity index (χ1v) is 12.4. The number of alkyl carbamates (subject to hydrolysis) is 1. The number of rotatable bonds is 10. The van der Waals surface area contributed by atoms with E-state index in [9.17, 15) is 9.59 Å². The number of fused-ring (bicyclic) bond motifs is 1. The number of carbonyl (C=O) groups is 2. The molecule has 1 saturated heterocycles. The molecule has 10 nitrogen and oxygen atoms in total. The highest BCUT2D eigenvalue weighted by molar-refractivity contribution is 5.95. The van der Waals surface area contributed by atoms with Crippen molar-refractivity contribution in [2.45, 2.75) is 25.2 Å². The molecule has 0 unspecified atom stereocenters. The average molecular weight is 536 g/mol. The third-order valence-electron chi connectivity index (χ3n) is 6.58. The molecule has 0 aromatic heterocycles. The first-order chi connectivity index (χ1) is 19.0. The van der Waals surface area contributed by atoms with E-state index in [1.165, 1.54) is 21.3 Å². The Balaban J connectivity index is 1.33. The second-order valence-electron chi connectivity index (χ2n) is 8.88. The number of ether oxygens (including phenoxy) is 7. The van der Waals surface area contributed by atoms with Crippen molar-refractivity contribution in [2.75, 3.05) is 34.7 Å². The Bertz CT molecular complexity index is 1360. The van der Waals surface area contributed by atoms with Crippen molar-refractivity contribution in [2.24, 2.45) is 0 Å². The van der Waals surface area contributed by atoms with Crippen molar-refractivity contribution in [1.82, 2.24) is 5.32 Å². The van der Waals surface area contributed by atoms with Gasteiger partial charge in [-0.2, -0.15) is 0 Å². The van der Waals surface area contributed by atoms with Gasteiger partial charge < -0.3 is 38.5 Å². The fraction of sp³-hybridized carbons (Fsp3) is 0.310. The molecule has 2 atom stereocenters. The van der Waals surface area contributed by atoms with Gasteiger partial charge in [0.05, 0.1) is 21.3 Å². The minimum atomic E-state index is -0.556. The number of methoxy groups -OCH3 is 3. The van der Waals surface area contributed by atoms with Gasteiger partial charge in [0, 0.05) is 12.1 Å². The van der Waals surface area contributed by atoms with Gasteiger partial charge in [-0.25, -0.2) is 9.59 Å². The van der Waals surface area contributed by atoms with E-state index in [0.29, 0.717) is 35.8 Å². The molecule has 39 heavy (non-hydrogen) atoms. The van der Waals surface area contributed by atoms with Gasteiger partial charge >= 0.3 is 12.1 Å². The molecule has 3 aromatic carbocycles. The second kappa shape index (κ2) is 11.5. The largest absolute Gasteiger partial charge is 0.493 e. The van der Waals surface area contributed by atoms with Crippen LogP contribution in [0.4, 0.5) is 4.79 Å². The fourth-order valence-electron chi connectivity index (χ4n) is 4.63. The quantitative estimate of drug-likeness (QED) is 0.296. The number of amides is 1. The number of benzene rings is 3. The van der Waals surface area contributed by atoms with Crippen molar-refractivity contribution < 1.29 is 42.7 Å². The van der Waals surface area contributed by atoms with Crippen LogP contribution >= 0.6 is 0 Å². The highest BCUT2D eigenvalue weighted by Gasteiger charge is 2.46. The normalized spacial score (nSPS) is 16.8. The first kappa shape index (κ1) is 26.2. The molecule has 204 valence electrons. The zero-order valence-electron chi connectivity index (χ0n) is 21.9. The van der Waals surface area contributed by atoms with Crippen LogP contribution in [-0.2, 0) is 27.2 Å². The van der Waals surface area contributed by atoms with E-state index >= 15 is 0 Å². The minimum absolute atomic E-state index is 0.124. The van der Waals surface area contributed by atoms with Gasteiger partial charge in [0.15, 0.2) is 23.0 Å². The van der Waals surface area contributed by atoms with Crippen LogP contribution in [-0.4, -0.2) is 46.7 Å². The Hall–Kier alpha value is -4.44. The van der Waals surface area contributed by atoms with Gasteiger partial charge in [-0.15, -0.1) is 0 Å². The third kappa shape index (κ3) is 5.56. The number of esters is 1. The van der Waals surface area contributed by atoms with Crippen molar-refractivity contribution in [1.29, 1.82) is 0 Å². The summed E-state index contributed by atoms with van der Waals surface area (Å²) >= 11 is 0. The van der Waals surface area contributed by atoms with Crippen LogP contribution in [0.25, 0.3) is 0 Å². The van der Waals surface area contributed by atoms with Crippen LogP contribution in [0.2, 0.25) is 0 Å². The summed E-state index contributed by atoms with van der Waals surface area (Å²) in [6.07, 6.45) is -0.799. The van der Waals surface area contributed by atoms with E-state index in [1.807, 2.05) is 42.5 Å². The van der Waals surface area contributed by atoms with Gasteiger partial charge in [-0.05, 0) is 41.3 Å². The summed E-state index contributed by atoms with van der Waals surface area (Å²) in [6, 6.07) is 16.7. The van der Waals surface area contributed by atoms with Crippen LogP contribution in [0.1, 0.15) is 44.8 Å². The van der Waals surface area contributed by atoms with Crippen LogP contribution in [0, 0.1) is 0 Å². The maximum atomic E-state index is 12.7. The molecule has 10 heteroatoms. The zero-order valence-corrected chi connectivity index (χ0v) is 21.9. The van der Waals surface area contributed by atoms with Crippen LogP contribution < -0.4 is 24.3 Å². The van der Waals surface area contributed by atoms with E-state index in [2.05, 4.69) is 5.32 Å². The smallest absolute Gasteiger partial charge is 0.407 e. The second-order valence-corrected chi connectivity index (χ2v) is 8.88. The Morgan fingerprint density at radius 3 is 2.38 bits per heavy atom. The number of hydrogen-bond donors (Lipinski definition) is 1. The van der Waals surface area contributed by atoms with Gasteiger partial charge in [0.1, 0.15) is 24.4 Å². The van der Waals surface area contributed by atoms with Crippen molar-refractivity contribution in [3.63, 3.8) is 0 Å². The fourth-order valence-corrected chi connectivity index (χ4v) is 4.63. The van der Waals surface area contributed by atoms with Gasteiger partial charge in [-0.1, -0.05) is 36.4 Å². The van der Waals surface area contributed by atoms with Crippen LogP contribution in [0.3, 0.4) is 0 Å². The molecule has 5 rings (SSSR count). The van der Waals surface area contributed by atoms with E-state index in [-0.39, 0.29) is 30.8 Å². The summed E-state index contributed by atoms with van der Waals surface area (Å²) in [4.78, 5) is 25.0. The molecule has 3 aromatic rings. The van der Waals surface area contributed by atoms with Gasteiger partial charge in [0.2, 0.25) is 6.79 Å². The lowest BCUT2D eigenvalue weighted by molar-refractivity contribution is 0.0594. The molecule has 0 aliphatic carbocycles. The molecule has 0 saturated carbocycles. The standard InChI is InChI=1S/C29H29NO9/c1-33-21-10-9-19(24(27(21)34-2)28(31)35-3)25-26(39-25)20-14-23-22(37-16-38-23)13-18(20)11-12-30-29(32)36-15-17-7-5-4-6-8-17/h4-10,13-14,25-26H,11-12,15-16H2,1-3H3,(H,30,32)/t25-,26-/m0/s1. The monoisotopic (exact) mass is 535 g/mol. The number of hydrogen-bond acceptors (Lipinski definition) is 9. The Labute approximate surface area is 225 Å². The molecule has 1 amide bonds. The lowest BCUT2D eigenvalue weighted by Gasteiger charge is -2.15. The zero-order chi connectivity index (χ0) is 27.4. The molecule has 2 heterocycles. The Morgan fingerprint density at radius 1 is 0.923 bits per heavy atom. The van der Waals surface area contributed by atoms with Crippen LogP contribution in [0.5, 0.6) is 23.0 Å². The van der Waals surface area contributed by atoms with Gasteiger partial charge in [0.25, 0.3) is 0 Å². The average Bonchev–Trinajstić information content (AvgIpc) is 3.63. The molecule has 0 bridgehead atoms. The molecule has 2 aliphatic rings. The summed E-state index contributed by atoms with van der Waals surface area (Å²) in [5, 5.41) is 2.79. The predicted octanol–water partition coefficient (Wildman–Crippen LogP) is 4.50. The van der Waals surface area contributed by atoms with Crippen LogP contribution in [0.15, 0.2) is 54.6 Å². The summed E-state index contributed by atoms with van der Waals surface area (Å²) in [5.41, 5.74) is 3.56. The van der Waals surface area contributed by atoms with E-state index in [0.717, 1.165) is 16.7 Å². The predicted molar refractivity (Wildman–Crippen MR) is 138 cm³/mol. The highest BCUT2D eigenvalue weighted by atomic mass is 16.7. The Morgan fingerprint density at radius 2 is 1.67 bits per heavy atom. The highest BCUT2D eigenvalue weighted by Crippen LogP contribution is 2.56. The van der Waals surface area contributed by atoms with E-state index in [4.69, 9.17) is 33.2 Å². The molecule has 0 radical (unpaired) electrons. The summed E-state index contributed by atoms with van der Waals surface area (Å²) < 4.78 is 38.5. The lowest BCUT2D eigenvalue weighted by atomic mass is 9.94. The number of nitrogens with one attached hydrogen (secondary N) is 1. The molecular formula is C29H29NO9. The summed E-state index contributed by atoms with van der Waals surface area (Å²) in [7, 11) is 4.27. The van der Waals surface area contributed by atoms with Crippen molar-refractivity contribution >= 4 is 12.1 Å². The number of carbonyl (C=O) groups excluding carboxylic acids is 2. The van der Waals surface area contributed by atoms with E-state index in [1.54, 1.807) is 12.1 Å². The molecular weight excluding hydrogens is 506 g/mol. The van der Waals surface area contributed by atoms with Crippen molar-refractivity contribution in [3.8, 4) is 23.0 Å². The van der Waals surface area contributed by atoms with E-state index < -0.39 is 18.2 Å². The molecule has 1 N–H and O–H groups in total. The molecule has 2 aliphatic heterocycles. The first-order valence-electron chi connectivity index (χ1n) is 12.4. The SMILES string of the molecule is COC(=O)c1c([C@@H]2O[C@H]2c2cc3c(cc2CCNC(=O)OCc2ccccc2)OCO3)ccc(OC)c1OC. The topological polar surface area (TPSA) is 114 Å². The lowest BCUT2D eigenvalue weighted by Crippen LogP contribution is -2.26. The summed E-state index contributed by atoms with van der Waals surface area (Å²) in [6.45, 7) is 0.647. The van der Waals surface area contributed by atoms with Crippen molar-refractivity contribution in [3.05, 3.63) is 82.4 Å². The molecule has 0 spiro atoms. The summed E-state index contributed by atoms with van der Waals surface area (Å²) in [5.74, 6) is 1.37. The maximum Gasteiger partial charge on any atom is 0.407 e. The molecule has 1 fully saturated rings. The maximum absolute atomic E-state index is 12.7. The minimum Gasteiger partial charge on any atom is -0.493 e.